The Kier molecular flexibility index (Phi) is 3.84. The minimum atomic E-state index is -1.65. The van der Waals surface area contributed by atoms with E-state index < -0.39 is 9.90 Å². The highest BCUT2D eigenvalue weighted by Gasteiger charge is 2.30. The Morgan fingerprint density at radius 2 is 1.65 bits per heavy atom. The highest BCUT2D eigenvalue weighted by atomic mass is 35.6. The monoisotopic (exact) mass is 288 g/mol. The van der Waals surface area contributed by atoms with Crippen molar-refractivity contribution in [1.82, 2.24) is 0 Å². The van der Waals surface area contributed by atoms with Crippen LogP contribution in [0.2, 0.25) is 0 Å². The van der Waals surface area contributed by atoms with E-state index in [0.29, 0.717) is 6.42 Å². The van der Waals surface area contributed by atoms with Crippen molar-refractivity contribution in [1.29, 1.82) is 0 Å². The van der Waals surface area contributed by atoms with Gasteiger partial charge in [-0.15, -0.1) is 0 Å². The minimum Gasteiger partial charge on any atom is -0.388 e. The molecule has 0 aliphatic rings. The summed E-state index contributed by atoms with van der Waals surface area (Å²) in [5, 5.41) is 12.0. The summed E-state index contributed by atoms with van der Waals surface area (Å²) in [5.41, 5.74) is 0.947. The molecule has 0 saturated heterocycles. The lowest BCUT2D eigenvalue weighted by atomic mass is 10.0. The van der Waals surface area contributed by atoms with Crippen LogP contribution in [0.4, 0.5) is 0 Å². The SMILES string of the molecule is O[C@H](Cc1ccc2ccccc2c1)C(Cl)(Cl)Cl. The Balaban J connectivity index is 2.25. The molecule has 17 heavy (non-hydrogen) atoms. The Morgan fingerprint density at radius 3 is 2.29 bits per heavy atom. The summed E-state index contributed by atoms with van der Waals surface area (Å²) in [7, 11) is 0. The number of aliphatic hydroxyl groups is 1. The zero-order valence-electron chi connectivity index (χ0n) is 8.91. The van der Waals surface area contributed by atoms with Crippen LogP contribution in [-0.4, -0.2) is 15.0 Å². The Labute approximate surface area is 115 Å². The second-order valence-electron chi connectivity index (χ2n) is 3.94. The van der Waals surface area contributed by atoms with E-state index in [4.69, 9.17) is 34.8 Å². The minimum absolute atomic E-state index is 0.321. The first kappa shape index (κ1) is 13.0. The van der Waals surface area contributed by atoms with Crippen LogP contribution in [0.1, 0.15) is 5.56 Å². The number of fused-ring (bicyclic) bond motifs is 1. The van der Waals surface area contributed by atoms with Gasteiger partial charge in [0.25, 0.3) is 0 Å². The number of halogens is 3. The first-order valence-corrected chi connectivity index (χ1v) is 6.32. The first-order chi connectivity index (χ1) is 7.97. The Morgan fingerprint density at radius 1 is 1.00 bits per heavy atom. The number of hydrogen-bond acceptors (Lipinski definition) is 1. The van der Waals surface area contributed by atoms with Gasteiger partial charge in [-0.05, 0) is 16.3 Å². The molecule has 0 aromatic heterocycles. The van der Waals surface area contributed by atoms with Gasteiger partial charge in [0.15, 0.2) is 0 Å². The lowest BCUT2D eigenvalue weighted by Gasteiger charge is -2.18. The largest absolute Gasteiger partial charge is 0.388 e. The molecular formula is C13H11Cl3O. The van der Waals surface area contributed by atoms with Crippen molar-refractivity contribution < 1.29 is 5.11 Å². The second kappa shape index (κ2) is 5.03. The van der Waals surface area contributed by atoms with Crippen LogP contribution in [0.3, 0.4) is 0 Å². The molecule has 1 nitrogen and oxygen atoms in total. The quantitative estimate of drug-likeness (QED) is 0.825. The summed E-state index contributed by atoms with van der Waals surface area (Å²) in [6.45, 7) is 0. The van der Waals surface area contributed by atoms with Gasteiger partial charge in [-0.2, -0.15) is 0 Å². The van der Waals surface area contributed by atoms with Crippen molar-refractivity contribution in [2.75, 3.05) is 0 Å². The van der Waals surface area contributed by atoms with Crippen LogP contribution in [0.5, 0.6) is 0 Å². The molecule has 0 heterocycles. The average Bonchev–Trinajstić information content (AvgIpc) is 2.27. The standard InChI is InChI=1S/C13H11Cl3O/c14-13(15,16)12(17)8-9-5-6-10-3-1-2-4-11(10)7-9/h1-7,12,17H,8H2/t12-/m1/s1. The molecule has 90 valence electrons. The highest BCUT2D eigenvalue weighted by molar-refractivity contribution is 6.68. The normalized spacial score (nSPS) is 13.9. The topological polar surface area (TPSA) is 20.2 Å². The van der Waals surface area contributed by atoms with Crippen LogP contribution in [0.25, 0.3) is 10.8 Å². The van der Waals surface area contributed by atoms with Gasteiger partial charge in [-0.3, -0.25) is 0 Å². The molecule has 0 saturated carbocycles. The summed E-state index contributed by atoms with van der Waals surface area (Å²) in [5.74, 6) is 0. The zero-order valence-corrected chi connectivity index (χ0v) is 11.2. The van der Waals surface area contributed by atoms with E-state index in [1.54, 1.807) is 0 Å². The molecule has 2 rings (SSSR count). The van der Waals surface area contributed by atoms with Crippen LogP contribution in [-0.2, 0) is 6.42 Å². The number of hydrogen-bond donors (Lipinski definition) is 1. The number of aliphatic hydroxyl groups excluding tert-OH is 1. The highest BCUT2D eigenvalue weighted by Crippen LogP contribution is 2.32. The lowest BCUT2D eigenvalue weighted by Crippen LogP contribution is -2.27. The van der Waals surface area contributed by atoms with E-state index in [0.717, 1.165) is 16.3 Å². The third kappa shape index (κ3) is 3.26. The van der Waals surface area contributed by atoms with E-state index in [9.17, 15) is 5.11 Å². The van der Waals surface area contributed by atoms with E-state index in [1.165, 1.54) is 0 Å². The zero-order chi connectivity index (χ0) is 12.5. The maximum Gasteiger partial charge on any atom is 0.216 e. The fourth-order valence-corrected chi connectivity index (χ4v) is 1.94. The maximum atomic E-state index is 9.72. The Hall–Kier alpha value is -0.470. The van der Waals surface area contributed by atoms with Crippen LogP contribution < -0.4 is 0 Å². The molecule has 0 unspecified atom stereocenters. The predicted octanol–water partition coefficient (Wildman–Crippen LogP) is 4.11. The smallest absolute Gasteiger partial charge is 0.216 e. The van der Waals surface area contributed by atoms with E-state index >= 15 is 0 Å². The molecule has 1 atom stereocenters. The first-order valence-electron chi connectivity index (χ1n) is 5.19. The number of rotatable bonds is 2. The molecular weight excluding hydrogens is 279 g/mol. The third-order valence-corrected chi connectivity index (χ3v) is 3.38. The van der Waals surface area contributed by atoms with Gasteiger partial charge >= 0.3 is 0 Å². The van der Waals surface area contributed by atoms with Gasteiger partial charge in [0.2, 0.25) is 3.79 Å². The summed E-state index contributed by atoms with van der Waals surface area (Å²) in [4.78, 5) is 0. The van der Waals surface area contributed by atoms with Gasteiger partial charge < -0.3 is 5.11 Å². The van der Waals surface area contributed by atoms with Crippen molar-refractivity contribution in [2.45, 2.75) is 16.3 Å². The molecule has 4 heteroatoms. The molecule has 0 aliphatic heterocycles. The van der Waals surface area contributed by atoms with Gasteiger partial charge in [0.05, 0.1) is 0 Å². The van der Waals surface area contributed by atoms with Crippen molar-refractivity contribution in [2.24, 2.45) is 0 Å². The van der Waals surface area contributed by atoms with Crippen molar-refractivity contribution in [3.63, 3.8) is 0 Å². The molecule has 2 aromatic carbocycles. The predicted molar refractivity (Wildman–Crippen MR) is 73.9 cm³/mol. The van der Waals surface area contributed by atoms with E-state index in [2.05, 4.69) is 0 Å². The molecule has 0 spiro atoms. The van der Waals surface area contributed by atoms with Crippen molar-refractivity contribution in [3.05, 3.63) is 48.0 Å². The fourth-order valence-electron chi connectivity index (χ4n) is 1.70. The van der Waals surface area contributed by atoms with Gasteiger partial charge in [0, 0.05) is 6.42 Å². The average molecular weight is 290 g/mol. The molecule has 0 radical (unpaired) electrons. The third-order valence-electron chi connectivity index (χ3n) is 2.62. The summed E-state index contributed by atoms with van der Waals surface area (Å²) < 4.78 is -1.65. The van der Waals surface area contributed by atoms with Crippen LogP contribution >= 0.6 is 34.8 Å². The van der Waals surface area contributed by atoms with Crippen molar-refractivity contribution in [3.8, 4) is 0 Å². The van der Waals surface area contributed by atoms with Crippen LogP contribution in [0, 0.1) is 0 Å². The molecule has 1 N–H and O–H groups in total. The van der Waals surface area contributed by atoms with Gasteiger partial charge in [-0.25, -0.2) is 0 Å². The van der Waals surface area contributed by atoms with Gasteiger partial charge in [-0.1, -0.05) is 77.3 Å². The molecule has 0 fully saturated rings. The fraction of sp³-hybridized carbons (Fsp3) is 0.231. The van der Waals surface area contributed by atoms with Crippen LogP contribution in [0.15, 0.2) is 42.5 Å². The summed E-state index contributed by atoms with van der Waals surface area (Å²) in [6.07, 6.45) is -0.685. The molecule has 0 aliphatic carbocycles. The summed E-state index contributed by atoms with van der Waals surface area (Å²) >= 11 is 16.9. The Bertz CT molecular complexity index is 519. The van der Waals surface area contributed by atoms with E-state index in [-0.39, 0.29) is 0 Å². The summed E-state index contributed by atoms with van der Waals surface area (Å²) in [6, 6.07) is 13.9. The number of alkyl halides is 3. The lowest BCUT2D eigenvalue weighted by molar-refractivity contribution is 0.179. The van der Waals surface area contributed by atoms with E-state index in [1.807, 2.05) is 42.5 Å². The van der Waals surface area contributed by atoms with Gasteiger partial charge in [0.1, 0.15) is 6.10 Å². The maximum absolute atomic E-state index is 9.72. The number of benzene rings is 2. The molecule has 2 aromatic rings. The second-order valence-corrected chi connectivity index (χ2v) is 6.31. The van der Waals surface area contributed by atoms with Crippen molar-refractivity contribution >= 4 is 45.6 Å². The molecule has 0 amide bonds. The molecule has 0 bridgehead atoms.